The fourth-order valence-corrected chi connectivity index (χ4v) is 9.22. The molecule has 0 atom stereocenters. The molecule has 0 spiro atoms. The van der Waals surface area contributed by atoms with E-state index in [0.717, 1.165) is 71.6 Å². The lowest BCUT2D eigenvalue weighted by molar-refractivity contribution is 0.618. The fourth-order valence-electron chi connectivity index (χ4n) is 9.22. The molecular formula is C52H31NO2. The lowest BCUT2D eigenvalue weighted by Gasteiger charge is -2.19. The minimum atomic E-state index is 0.845. The van der Waals surface area contributed by atoms with Crippen LogP contribution in [0.4, 0.5) is 0 Å². The van der Waals surface area contributed by atoms with Crippen LogP contribution in [0.15, 0.2) is 197 Å². The number of rotatable bonds is 4. The summed E-state index contributed by atoms with van der Waals surface area (Å²) in [6.45, 7) is 0. The van der Waals surface area contributed by atoms with Crippen molar-refractivity contribution in [3.05, 3.63) is 188 Å². The van der Waals surface area contributed by atoms with Gasteiger partial charge in [0.1, 0.15) is 16.7 Å². The number of nitrogens with zero attached hydrogens (tertiary/aromatic N) is 1. The van der Waals surface area contributed by atoms with Crippen LogP contribution < -0.4 is 0 Å². The average Bonchev–Trinajstić information content (AvgIpc) is 3.95. The van der Waals surface area contributed by atoms with Gasteiger partial charge in [-0.1, -0.05) is 146 Å². The van der Waals surface area contributed by atoms with E-state index in [1.807, 2.05) is 18.4 Å². The lowest BCUT2D eigenvalue weighted by Crippen LogP contribution is -1.94. The molecule has 3 heterocycles. The zero-order chi connectivity index (χ0) is 36.0. The smallest absolute Gasteiger partial charge is 0.143 e. The Morgan fingerprint density at radius 1 is 0.364 bits per heavy atom. The van der Waals surface area contributed by atoms with Gasteiger partial charge in [-0.15, -0.1) is 0 Å². The molecule has 12 aromatic rings. The quantitative estimate of drug-likeness (QED) is 0.171. The highest BCUT2D eigenvalue weighted by molar-refractivity contribution is 6.31. The molecule has 0 amide bonds. The highest BCUT2D eigenvalue weighted by Crippen LogP contribution is 2.52. The molecule has 0 saturated heterocycles. The third-order valence-electron chi connectivity index (χ3n) is 11.5. The zero-order valence-corrected chi connectivity index (χ0v) is 29.7. The van der Waals surface area contributed by atoms with Gasteiger partial charge in [-0.25, -0.2) is 0 Å². The Morgan fingerprint density at radius 3 is 1.67 bits per heavy atom. The second kappa shape index (κ2) is 11.6. The van der Waals surface area contributed by atoms with E-state index in [0.29, 0.717) is 0 Å². The third kappa shape index (κ3) is 4.26. The lowest BCUT2D eigenvalue weighted by atomic mass is 9.83. The van der Waals surface area contributed by atoms with E-state index in [1.165, 1.54) is 43.7 Å². The molecule has 0 aliphatic carbocycles. The van der Waals surface area contributed by atoms with E-state index in [2.05, 4.69) is 174 Å². The van der Waals surface area contributed by atoms with Gasteiger partial charge in [0.05, 0.1) is 17.3 Å². The van der Waals surface area contributed by atoms with E-state index in [4.69, 9.17) is 8.83 Å². The topological polar surface area (TPSA) is 31.2 Å². The molecular weight excluding hydrogens is 671 g/mol. The zero-order valence-electron chi connectivity index (χ0n) is 29.7. The molecule has 3 nitrogen and oxygen atoms in total. The first-order valence-electron chi connectivity index (χ1n) is 18.8. The van der Waals surface area contributed by atoms with Crippen LogP contribution in [-0.2, 0) is 0 Å². The summed E-state index contributed by atoms with van der Waals surface area (Å²) in [4.78, 5) is 0. The molecule has 256 valence electrons. The van der Waals surface area contributed by atoms with E-state index in [9.17, 15) is 0 Å². The van der Waals surface area contributed by atoms with Gasteiger partial charge < -0.3 is 13.4 Å². The first kappa shape index (κ1) is 30.1. The third-order valence-corrected chi connectivity index (χ3v) is 11.5. The summed E-state index contributed by atoms with van der Waals surface area (Å²) in [5, 5.41) is 10.3. The van der Waals surface area contributed by atoms with Crippen molar-refractivity contribution in [2.75, 3.05) is 0 Å². The van der Waals surface area contributed by atoms with Crippen LogP contribution in [0, 0.1) is 0 Å². The fraction of sp³-hybridized carbons (Fsp3) is 0. The maximum absolute atomic E-state index is 6.73. The van der Waals surface area contributed by atoms with E-state index < -0.39 is 0 Å². The van der Waals surface area contributed by atoms with Gasteiger partial charge >= 0.3 is 0 Å². The number of fused-ring (bicyclic) bond motifs is 9. The molecule has 12 rings (SSSR count). The van der Waals surface area contributed by atoms with Crippen molar-refractivity contribution in [1.82, 2.24) is 4.57 Å². The summed E-state index contributed by atoms with van der Waals surface area (Å²) in [5.74, 6) is 0. The van der Waals surface area contributed by atoms with Crippen molar-refractivity contribution in [3.8, 4) is 39.1 Å². The molecule has 0 saturated carbocycles. The van der Waals surface area contributed by atoms with Gasteiger partial charge in [0.2, 0.25) is 0 Å². The number of furan rings is 2. The van der Waals surface area contributed by atoms with Crippen molar-refractivity contribution >= 4 is 76.3 Å². The van der Waals surface area contributed by atoms with Gasteiger partial charge in [-0.05, 0) is 74.6 Å². The Kier molecular flexibility index (Phi) is 6.34. The number of benzene rings is 9. The standard InChI is InChI=1S/C52H31NO2/c1-3-16-32(17-4-1)42-31-54-52-41(42)30-46-50(39-25-12-14-29-45(39)55-46)51(52)49-36-22-9-7-20-34(36)47(35-21-8-10-23-37(35)49)40-26-15-28-44-48(40)38-24-11-13-27-43(38)53(44)33-18-5-2-6-19-33/h1-31H. The van der Waals surface area contributed by atoms with E-state index in [-0.39, 0.29) is 0 Å². The summed E-state index contributed by atoms with van der Waals surface area (Å²) in [6, 6.07) is 65.1. The Bertz CT molecular complexity index is 3420. The van der Waals surface area contributed by atoms with Gasteiger partial charge in [-0.2, -0.15) is 0 Å². The van der Waals surface area contributed by atoms with Gasteiger partial charge in [0.25, 0.3) is 0 Å². The second-order valence-electron chi connectivity index (χ2n) is 14.3. The van der Waals surface area contributed by atoms with Crippen molar-refractivity contribution in [1.29, 1.82) is 0 Å². The Balaban J connectivity index is 1.25. The number of hydrogen-bond donors (Lipinski definition) is 0. The van der Waals surface area contributed by atoms with Crippen LogP contribution in [0.1, 0.15) is 0 Å². The number of hydrogen-bond acceptors (Lipinski definition) is 2. The van der Waals surface area contributed by atoms with Crippen LogP contribution in [0.25, 0.3) is 115 Å². The van der Waals surface area contributed by atoms with Crippen molar-refractivity contribution in [3.63, 3.8) is 0 Å². The first-order valence-corrected chi connectivity index (χ1v) is 18.8. The first-order chi connectivity index (χ1) is 27.3. The van der Waals surface area contributed by atoms with Crippen LogP contribution >= 0.6 is 0 Å². The van der Waals surface area contributed by atoms with Crippen molar-refractivity contribution in [2.45, 2.75) is 0 Å². The van der Waals surface area contributed by atoms with Crippen LogP contribution in [-0.4, -0.2) is 4.57 Å². The number of para-hydroxylation sites is 3. The largest absolute Gasteiger partial charge is 0.463 e. The van der Waals surface area contributed by atoms with E-state index in [1.54, 1.807) is 0 Å². The minimum Gasteiger partial charge on any atom is -0.463 e. The average molecular weight is 702 g/mol. The summed E-state index contributed by atoms with van der Waals surface area (Å²) in [6.07, 6.45) is 1.91. The normalized spacial score (nSPS) is 12.0. The van der Waals surface area contributed by atoms with Crippen LogP contribution in [0.3, 0.4) is 0 Å². The van der Waals surface area contributed by atoms with Gasteiger partial charge in [0.15, 0.2) is 0 Å². The van der Waals surface area contributed by atoms with E-state index >= 15 is 0 Å². The monoisotopic (exact) mass is 701 g/mol. The predicted octanol–water partition coefficient (Wildman–Crippen LogP) is 14.7. The second-order valence-corrected chi connectivity index (χ2v) is 14.3. The minimum absolute atomic E-state index is 0.845. The van der Waals surface area contributed by atoms with Crippen molar-refractivity contribution in [2.24, 2.45) is 0 Å². The maximum Gasteiger partial charge on any atom is 0.143 e. The molecule has 55 heavy (non-hydrogen) atoms. The summed E-state index contributed by atoms with van der Waals surface area (Å²) < 4.78 is 15.8. The maximum atomic E-state index is 6.73. The Labute approximate surface area is 315 Å². The Morgan fingerprint density at radius 2 is 0.945 bits per heavy atom. The molecule has 0 radical (unpaired) electrons. The summed E-state index contributed by atoms with van der Waals surface area (Å²) in [7, 11) is 0. The predicted molar refractivity (Wildman–Crippen MR) is 229 cm³/mol. The summed E-state index contributed by atoms with van der Waals surface area (Å²) >= 11 is 0. The molecule has 0 aliphatic heterocycles. The molecule has 3 aromatic heterocycles. The molecule has 9 aromatic carbocycles. The van der Waals surface area contributed by atoms with Crippen molar-refractivity contribution < 1.29 is 8.83 Å². The van der Waals surface area contributed by atoms with Gasteiger partial charge in [0, 0.05) is 49.3 Å². The SMILES string of the molecule is c1ccc(-c2coc3c(-c4c5ccccc5c(-c5cccc6c5c5ccccc5n6-c5ccccc5)c5ccccc45)c4c(cc23)oc2ccccc24)cc1. The molecule has 0 unspecified atom stereocenters. The Hall–Kier alpha value is -7.36. The number of aromatic nitrogens is 1. The highest BCUT2D eigenvalue weighted by Gasteiger charge is 2.26. The molecule has 0 N–H and O–H groups in total. The van der Waals surface area contributed by atoms with Gasteiger partial charge in [-0.3, -0.25) is 0 Å². The molecule has 0 fully saturated rings. The molecule has 0 aliphatic rings. The molecule has 3 heteroatoms. The molecule has 0 bridgehead atoms. The summed E-state index contributed by atoms with van der Waals surface area (Å²) in [5.41, 5.74) is 12.9. The highest BCUT2D eigenvalue weighted by atomic mass is 16.3. The van der Waals surface area contributed by atoms with Crippen LogP contribution in [0.2, 0.25) is 0 Å². The van der Waals surface area contributed by atoms with Crippen LogP contribution in [0.5, 0.6) is 0 Å².